The summed E-state index contributed by atoms with van der Waals surface area (Å²) in [6, 6.07) is 5.78. The van der Waals surface area contributed by atoms with Crippen molar-refractivity contribution in [1.29, 1.82) is 0 Å². The molecule has 0 aliphatic heterocycles. The summed E-state index contributed by atoms with van der Waals surface area (Å²) in [5.41, 5.74) is 1.97. The van der Waals surface area contributed by atoms with Gasteiger partial charge in [0.15, 0.2) is 17.3 Å². The summed E-state index contributed by atoms with van der Waals surface area (Å²) in [7, 11) is 0. The third kappa shape index (κ3) is 1.80. The second-order valence-corrected chi connectivity index (χ2v) is 4.61. The van der Waals surface area contributed by atoms with Gasteiger partial charge in [0.25, 0.3) is 5.78 Å². The van der Waals surface area contributed by atoms with Gasteiger partial charge in [-0.25, -0.2) is 19.0 Å². The van der Waals surface area contributed by atoms with Gasteiger partial charge >= 0.3 is 0 Å². The Labute approximate surface area is 113 Å². The van der Waals surface area contributed by atoms with Gasteiger partial charge in [-0.1, -0.05) is 6.07 Å². The Morgan fingerprint density at radius 1 is 1.05 bits per heavy atom. The van der Waals surface area contributed by atoms with Gasteiger partial charge in [-0.2, -0.15) is 10.1 Å². The van der Waals surface area contributed by atoms with Crippen molar-refractivity contribution in [1.82, 2.24) is 34.2 Å². The van der Waals surface area contributed by atoms with Crippen molar-refractivity contribution in [3.63, 3.8) is 0 Å². The Bertz CT molecular complexity index is 872. The van der Waals surface area contributed by atoms with Crippen molar-refractivity contribution in [2.75, 3.05) is 0 Å². The molecule has 7 heteroatoms. The molecule has 4 rings (SSSR count). The standard InChI is InChI=1S/C13H11N7/c1-9-3-4-12-15-10(18-20(12)8-9)7-11-16-13-14-5-2-6-19(13)17-11/h2-6,8H,7H2,1H3. The first kappa shape index (κ1) is 11.0. The summed E-state index contributed by atoms with van der Waals surface area (Å²) in [5.74, 6) is 1.95. The highest BCUT2D eigenvalue weighted by molar-refractivity contribution is 5.38. The SMILES string of the molecule is Cc1ccc2nc(Cc3nc4ncccn4n3)nn2c1. The van der Waals surface area contributed by atoms with Gasteiger partial charge in [-0.3, -0.25) is 0 Å². The van der Waals surface area contributed by atoms with Crippen molar-refractivity contribution in [3.8, 4) is 0 Å². The van der Waals surface area contributed by atoms with Crippen LogP contribution >= 0.6 is 0 Å². The summed E-state index contributed by atoms with van der Waals surface area (Å²) < 4.78 is 3.42. The van der Waals surface area contributed by atoms with Gasteiger partial charge in [-0.05, 0) is 24.6 Å². The quantitative estimate of drug-likeness (QED) is 0.542. The first-order chi connectivity index (χ1) is 9.78. The van der Waals surface area contributed by atoms with Crippen LogP contribution in [0, 0.1) is 6.92 Å². The number of pyridine rings is 1. The molecule has 4 aromatic rings. The van der Waals surface area contributed by atoms with E-state index in [1.807, 2.05) is 37.5 Å². The van der Waals surface area contributed by atoms with Crippen molar-refractivity contribution in [3.05, 3.63) is 54.0 Å². The lowest BCUT2D eigenvalue weighted by Crippen LogP contribution is -1.95. The van der Waals surface area contributed by atoms with Crippen LogP contribution in [0.3, 0.4) is 0 Å². The fourth-order valence-corrected chi connectivity index (χ4v) is 2.10. The third-order valence-electron chi connectivity index (χ3n) is 3.00. The molecule has 98 valence electrons. The molecular weight excluding hydrogens is 254 g/mol. The summed E-state index contributed by atoms with van der Waals surface area (Å²) in [6.45, 7) is 2.02. The molecule has 0 spiro atoms. The smallest absolute Gasteiger partial charge is 0.221 e. The van der Waals surface area contributed by atoms with Crippen LogP contribution in [-0.4, -0.2) is 34.2 Å². The predicted octanol–water partition coefficient (Wildman–Crippen LogP) is 1.07. The van der Waals surface area contributed by atoms with E-state index in [4.69, 9.17) is 0 Å². The second kappa shape index (κ2) is 4.09. The van der Waals surface area contributed by atoms with Gasteiger partial charge in [0, 0.05) is 18.6 Å². The van der Waals surface area contributed by atoms with E-state index in [1.165, 1.54) is 0 Å². The summed E-state index contributed by atoms with van der Waals surface area (Å²) >= 11 is 0. The van der Waals surface area contributed by atoms with Gasteiger partial charge < -0.3 is 0 Å². The van der Waals surface area contributed by atoms with Gasteiger partial charge in [0.1, 0.15) is 0 Å². The van der Waals surface area contributed by atoms with E-state index in [-0.39, 0.29) is 0 Å². The number of fused-ring (bicyclic) bond motifs is 2. The Balaban J connectivity index is 1.72. The average molecular weight is 265 g/mol. The molecule has 0 unspecified atom stereocenters. The van der Waals surface area contributed by atoms with Gasteiger partial charge in [-0.15, -0.1) is 5.10 Å². The van der Waals surface area contributed by atoms with Crippen LogP contribution in [0.15, 0.2) is 36.8 Å². The van der Waals surface area contributed by atoms with E-state index in [0.717, 1.165) is 11.2 Å². The van der Waals surface area contributed by atoms with E-state index in [0.29, 0.717) is 23.8 Å². The minimum atomic E-state index is 0.490. The number of hydrogen-bond acceptors (Lipinski definition) is 5. The molecule has 4 aromatic heterocycles. The minimum Gasteiger partial charge on any atom is -0.221 e. The molecule has 0 aliphatic carbocycles. The second-order valence-electron chi connectivity index (χ2n) is 4.61. The molecule has 0 saturated carbocycles. The maximum absolute atomic E-state index is 4.46. The van der Waals surface area contributed by atoms with Crippen molar-refractivity contribution in [2.24, 2.45) is 0 Å². The Kier molecular flexibility index (Phi) is 2.26. The van der Waals surface area contributed by atoms with E-state index in [1.54, 1.807) is 15.2 Å². The van der Waals surface area contributed by atoms with Gasteiger partial charge in [0.05, 0.1) is 6.42 Å². The number of aromatic nitrogens is 7. The fourth-order valence-electron chi connectivity index (χ4n) is 2.10. The molecule has 0 bridgehead atoms. The van der Waals surface area contributed by atoms with Crippen LogP contribution in [0.25, 0.3) is 11.4 Å². The molecule has 0 aromatic carbocycles. The molecule has 0 N–H and O–H groups in total. The molecule has 0 fully saturated rings. The monoisotopic (exact) mass is 265 g/mol. The normalized spacial score (nSPS) is 11.4. The topological polar surface area (TPSA) is 73.3 Å². The summed E-state index contributed by atoms with van der Waals surface area (Å²) in [4.78, 5) is 12.9. The van der Waals surface area contributed by atoms with Crippen LogP contribution in [0.1, 0.15) is 17.2 Å². The molecule has 0 aliphatic rings. The van der Waals surface area contributed by atoms with Crippen LogP contribution in [0.4, 0.5) is 0 Å². The summed E-state index contributed by atoms with van der Waals surface area (Å²) in [6.07, 6.45) is 5.95. The van der Waals surface area contributed by atoms with Crippen molar-refractivity contribution < 1.29 is 0 Å². The number of nitrogens with zero attached hydrogens (tertiary/aromatic N) is 7. The fraction of sp³-hybridized carbons (Fsp3) is 0.154. The van der Waals surface area contributed by atoms with Crippen LogP contribution in [-0.2, 0) is 6.42 Å². The Morgan fingerprint density at radius 2 is 1.90 bits per heavy atom. The van der Waals surface area contributed by atoms with E-state index < -0.39 is 0 Å². The number of hydrogen-bond donors (Lipinski definition) is 0. The first-order valence-corrected chi connectivity index (χ1v) is 6.26. The van der Waals surface area contributed by atoms with E-state index in [2.05, 4.69) is 25.1 Å². The highest BCUT2D eigenvalue weighted by atomic mass is 15.3. The molecule has 20 heavy (non-hydrogen) atoms. The minimum absolute atomic E-state index is 0.490. The van der Waals surface area contributed by atoms with Crippen molar-refractivity contribution >= 4 is 11.4 Å². The van der Waals surface area contributed by atoms with E-state index in [9.17, 15) is 0 Å². The Morgan fingerprint density at radius 3 is 2.80 bits per heavy atom. The zero-order chi connectivity index (χ0) is 13.5. The molecular formula is C13H11N7. The lowest BCUT2D eigenvalue weighted by Gasteiger charge is -1.91. The molecule has 7 nitrogen and oxygen atoms in total. The lowest BCUT2D eigenvalue weighted by molar-refractivity contribution is 0.843. The van der Waals surface area contributed by atoms with Crippen LogP contribution in [0.5, 0.6) is 0 Å². The zero-order valence-electron chi connectivity index (χ0n) is 10.8. The molecule has 4 heterocycles. The Hall–Kier alpha value is -2.83. The van der Waals surface area contributed by atoms with Gasteiger partial charge in [0.2, 0.25) is 0 Å². The molecule has 0 radical (unpaired) electrons. The lowest BCUT2D eigenvalue weighted by atomic mass is 10.3. The molecule has 0 amide bonds. The number of aryl methyl sites for hydroxylation is 1. The van der Waals surface area contributed by atoms with Crippen LogP contribution < -0.4 is 0 Å². The highest BCUT2D eigenvalue weighted by Gasteiger charge is 2.09. The maximum atomic E-state index is 4.46. The molecule has 0 atom stereocenters. The zero-order valence-corrected chi connectivity index (χ0v) is 10.8. The predicted molar refractivity (Wildman–Crippen MR) is 71.3 cm³/mol. The maximum Gasteiger partial charge on any atom is 0.252 e. The highest BCUT2D eigenvalue weighted by Crippen LogP contribution is 2.07. The van der Waals surface area contributed by atoms with E-state index >= 15 is 0 Å². The largest absolute Gasteiger partial charge is 0.252 e. The van der Waals surface area contributed by atoms with Crippen LogP contribution in [0.2, 0.25) is 0 Å². The number of rotatable bonds is 2. The third-order valence-corrected chi connectivity index (χ3v) is 3.00. The first-order valence-electron chi connectivity index (χ1n) is 6.26. The van der Waals surface area contributed by atoms with Crippen molar-refractivity contribution in [2.45, 2.75) is 13.3 Å². The summed E-state index contributed by atoms with van der Waals surface area (Å²) in [5, 5.41) is 8.78. The average Bonchev–Trinajstić information content (AvgIpc) is 3.00. The molecule has 0 saturated heterocycles.